The SMILES string of the molecule is CCOc1nc2c(n1Cc1ccc(O)c(Cl)c1)C(=O)N(CC)C1=N[C@H](C(C)C)CN12. The van der Waals surface area contributed by atoms with Crippen LogP contribution in [0.1, 0.15) is 43.7 Å². The minimum atomic E-state index is -0.143. The maximum atomic E-state index is 13.5. The van der Waals surface area contributed by atoms with Gasteiger partial charge >= 0.3 is 0 Å². The van der Waals surface area contributed by atoms with Crippen LogP contribution < -0.4 is 9.64 Å². The number of ether oxygens (including phenoxy) is 1. The predicted molar refractivity (Wildman–Crippen MR) is 116 cm³/mol. The number of anilines is 1. The molecule has 1 atom stereocenters. The van der Waals surface area contributed by atoms with Gasteiger partial charge in [-0.2, -0.15) is 4.98 Å². The molecular weight excluding hydrogens is 406 g/mol. The smallest absolute Gasteiger partial charge is 0.299 e. The summed E-state index contributed by atoms with van der Waals surface area (Å²) in [4.78, 5) is 26.7. The number of amides is 1. The van der Waals surface area contributed by atoms with E-state index in [1.807, 2.05) is 18.7 Å². The highest BCUT2D eigenvalue weighted by Crippen LogP contribution is 2.36. The van der Waals surface area contributed by atoms with E-state index >= 15 is 0 Å². The Morgan fingerprint density at radius 2 is 2.10 bits per heavy atom. The van der Waals surface area contributed by atoms with Crippen LogP contribution in [0.4, 0.5) is 5.82 Å². The molecule has 2 aliphatic heterocycles. The van der Waals surface area contributed by atoms with E-state index in [2.05, 4.69) is 18.8 Å². The summed E-state index contributed by atoms with van der Waals surface area (Å²) in [5.41, 5.74) is 1.31. The maximum Gasteiger partial charge on any atom is 0.299 e. The number of hydrogen-bond acceptors (Lipinski definition) is 6. The van der Waals surface area contributed by atoms with Gasteiger partial charge in [0.25, 0.3) is 11.9 Å². The molecule has 1 aromatic heterocycles. The highest BCUT2D eigenvalue weighted by atomic mass is 35.5. The van der Waals surface area contributed by atoms with Crippen LogP contribution in [0, 0.1) is 5.92 Å². The number of guanidine groups is 1. The van der Waals surface area contributed by atoms with Crippen molar-refractivity contribution in [3.05, 3.63) is 34.5 Å². The average molecular weight is 432 g/mol. The van der Waals surface area contributed by atoms with Gasteiger partial charge in [-0.1, -0.05) is 31.5 Å². The van der Waals surface area contributed by atoms with Crippen molar-refractivity contribution >= 4 is 29.3 Å². The van der Waals surface area contributed by atoms with E-state index < -0.39 is 0 Å². The fourth-order valence-electron chi connectivity index (χ4n) is 3.82. The van der Waals surface area contributed by atoms with Gasteiger partial charge in [-0.25, -0.2) is 4.99 Å². The third-order valence-corrected chi connectivity index (χ3v) is 5.77. The van der Waals surface area contributed by atoms with Crippen molar-refractivity contribution in [2.75, 3.05) is 24.6 Å². The zero-order chi connectivity index (χ0) is 21.6. The number of hydrogen-bond donors (Lipinski definition) is 1. The second kappa shape index (κ2) is 7.83. The van der Waals surface area contributed by atoms with E-state index in [1.54, 1.807) is 27.7 Å². The lowest BCUT2D eigenvalue weighted by molar-refractivity contribution is 0.0835. The van der Waals surface area contributed by atoms with Crippen LogP contribution in [0.15, 0.2) is 23.2 Å². The fraction of sp³-hybridized carbons (Fsp3) is 0.476. The Balaban J connectivity index is 1.82. The lowest BCUT2D eigenvalue weighted by atomic mass is 10.1. The number of carbonyl (C=O) groups is 1. The quantitative estimate of drug-likeness (QED) is 0.758. The molecule has 1 N–H and O–H groups in total. The van der Waals surface area contributed by atoms with E-state index in [0.29, 0.717) is 55.6 Å². The summed E-state index contributed by atoms with van der Waals surface area (Å²) in [7, 11) is 0. The number of carbonyl (C=O) groups excluding carboxylic acids is 1. The van der Waals surface area contributed by atoms with Crippen molar-refractivity contribution in [1.82, 2.24) is 14.5 Å². The number of aromatic hydroxyl groups is 1. The van der Waals surface area contributed by atoms with Gasteiger partial charge in [-0.3, -0.25) is 19.2 Å². The first-order valence-corrected chi connectivity index (χ1v) is 10.6. The molecule has 0 unspecified atom stereocenters. The number of nitrogens with zero attached hydrogens (tertiary/aromatic N) is 5. The van der Waals surface area contributed by atoms with Crippen molar-refractivity contribution in [3.63, 3.8) is 0 Å². The lowest BCUT2D eigenvalue weighted by Gasteiger charge is -2.32. The molecule has 0 spiro atoms. The Hall–Kier alpha value is -2.74. The predicted octanol–water partition coefficient (Wildman–Crippen LogP) is 3.37. The number of phenols is 1. The summed E-state index contributed by atoms with van der Waals surface area (Å²) < 4.78 is 7.57. The number of phenolic OH excluding ortho intramolecular Hbond substituents is 1. The summed E-state index contributed by atoms with van der Waals surface area (Å²) in [6, 6.07) is 5.47. The molecule has 30 heavy (non-hydrogen) atoms. The molecule has 2 aliphatic rings. The van der Waals surface area contributed by atoms with Crippen LogP contribution in [-0.2, 0) is 6.54 Å². The summed E-state index contributed by atoms with van der Waals surface area (Å²) >= 11 is 6.09. The number of halogens is 1. The zero-order valence-electron chi connectivity index (χ0n) is 17.6. The summed E-state index contributed by atoms with van der Waals surface area (Å²) in [6.45, 7) is 10.0. The number of rotatable bonds is 6. The standard InChI is InChI=1S/C21H26ClN5O3/c1-5-25-19(29)17-18(27-11-15(12(3)4)23-20(25)27)24-21(30-6-2)26(17)10-13-7-8-16(28)14(22)9-13/h7-9,12,15,28H,5-6,10-11H2,1-4H3/t15-/m0/s1. The van der Waals surface area contributed by atoms with Crippen molar-refractivity contribution in [3.8, 4) is 11.8 Å². The van der Waals surface area contributed by atoms with Crippen molar-refractivity contribution in [1.29, 1.82) is 0 Å². The molecule has 2 aromatic rings. The molecule has 9 heteroatoms. The normalized spacial score (nSPS) is 18.0. The van der Waals surface area contributed by atoms with Gasteiger partial charge in [-0.05, 0) is 37.5 Å². The molecule has 0 aliphatic carbocycles. The molecular formula is C21H26ClN5O3. The third kappa shape index (κ3) is 3.29. The zero-order valence-corrected chi connectivity index (χ0v) is 18.3. The molecule has 0 bridgehead atoms. The fourth-order valence-corrected chi connectivity index (χ4v) is 4.03. The topological polar surface area (TPSA) is 83.2 Å². The first kappa shape index (κ1) is 20.5. The van der Waals surface area contributed by atoms with Gasteiger partial charge in [0, 0.05) is 6.54 Å². The molecule has 4 rings (SSSR count). The van der Waals surface area contributed by atoms with Crippen LogP contribution in [0.3, 0.4) is 0 Å². The van der Waals surface area contributed by atoms with E-state index in [4.69, 9.17) is 21.3 Å². The van der Waals surface area contributed by atoms with E-state index in [-0.39, 0.29) is 22.7 Å². The second-order valence-corrected chi connectivity index (χ2v) is 8.18. The van der Waals surface area contributed by atoms with Gasteiger partial charge in [0.1, 0.15) is 5.75 Å². The third-order valence-electron chi connectivity index (χ3n) is 5.46. The minimum Gasteiger partial charge on any atom is -0.506 e. The second-order valence-electron chi connectivity index (χ2n) is 7.77. The van der Waals surface area contributed by atoms with Crippen LogP contribution in [0.5, 0.6) is 11.8 Å². The van der Waals surface area contributed by atoms with Gasteiger partial charge < -0.3 is 9.84 Å². The molecule has 1 amide bonds. The number of fused-ring (bicyclic) bond motifs is 3. The van der Waals surface area contributed by atoms with Crippen molar-refractivity contribution in [2.24, 2.45) is 10.9 Å². The Kier molecular flexibility index (Phi) is 5.36. The molecule has 1 aromatic carbocycles. The molecule has 8 nitrogen and oxygen atoms in total. The number of aromatic nitrogens is 2. The highest BCUT2D eigenvalue weighted by molar-refractivity contribution is 6.32. The largest absolute Gasteiger partial charge is 0.506 e. The van der Waals surface area contributed by atoms with E-state index in [0.717, 1.165) is 5.56 Å². The van der Waals surface area contributed by atoms with Crippen LogP contribution in [-0.4, -0.2) is 57.2 Å². The molecule has 0 saturated heterocycles. The Morgan fingerprint density at radius 1 is 1.33 bits per heavy atom. The molecule has 160 valence electrons. The van der Waals surface area contributed by atoms with Crippen molar-refractivity contribution in [2.45, 2.75) is 40.3 Å². The molecule has 0 radical (unpaired) electrons. The Labute approximate surface area is 180 Å². The lowest BCUT2D eigenvalue weighted by Crippen LogP contribution is -2.50. The average Bonchev–Trinajstić information content (AvgIpc) is 3.28. The number of imidazole rings is 1. The molecule has 0 saturated carbocycles. The first-order chi connectivity index (χ1) is 14.3. The van der Waals surface area contributed by atoms with Crippen LogP contribution in [0.25, 0.3) is 0 Å². The monoisotopic (exact) mass is 431 g/mol. The molecule has 0 fully saturated rings. The van der Waals surface area contributed by atoms with Crippen LogP contribution in [0.2, 0.25) is 5.02 Å². The maximum absolute atomic E-state index is 13.5. The summed E-state index contributed by atoms with van der Waals surface area (Å²) in [5, 5.41) is 9.98. The Bertz CT molecular complexity index is 1020. The number of aliphatic imine (C=N–C) groups is 1. The Morgan fingerprint density at radius 3 is 2.73 bits per heavy atom. The first-order valence-electron chi connectivity index (χ1n) is 10.2. The van der Waals surface area contributed by atoms with E-state index in [9.17, 15) is 9.90 Å². The molecule has 3 heterocycles. The summed E-state index contributed by atoms with van der Waals surface area (Å²) in [5.74, 6) is 1.47. The van der Waals surface area contributed by atoms with Gasteiger partial charge in [-0.15, -0.1) is 0 Å². The van der Waals surface area contributed by atoms with E-state index in [1.165, 1.54) is 0 Å². The van der Waals surface area contributed by atoms with Crippen LogP contribution >= 0.6 is 11.6 Å². The van der Waals surface area contributed by atoms with Gasteiger partial charge in [0.05, 0.1) is 30.8 Å². The van der Waals surface area contributed by atoms with Gasteiger partial charge in [0.2, 0.25) is 5.96 Å². The number of benzene rings is 1. The van der Waals surface area contributed by atoms with Crippen molar-refractivity contribution < 1.29 is 14.6 Å². The highest BCUT2D eigenvalue weighted by Gasteiger charge is 2.44. The van der Waals surface area contributed by atoms with Gasteiger partial charge in [0.15, 0.2) is 11.5 Å². The minimum absolute atomic E-state index is 0.0176. The summed E-state index contributed by atoms with van der Waals surface area (Å²) in [6.07, 6.45) is 0.